The van der Waals surface area contributed by atoms with Gasteiger partial charge in [-0.1, -0.05) is 6.08 Å². The Kier molecular flexibility index (Phi) is 5.41. The van der Waals surface area contributed by atoms with Crippen LogP contribution in [-0.2, 0) is 0 Å². The molecule has 1 nitrogen and oxygen atoms in total. The predicted molar refractivity (Wildman–Crippen MR) is 36.3 cm³/mol. The van der Waals surface area contributed by atoms with Crippen molar-refractivity contribution in [2.75, 3.05) is 6.54 Å². The van der Waals surface area contributed by atoms with Gasteiger partial charge < -0.3 is 5.32 Å². The molecular weight excluding hydrogens is 98.1 g/mol. The lowest BCUT2D eigenvalue weighted by atomic mass is 10.4. The molecule has 0 rings (SSSR count). The molecule has 44 valence electrons. The highest BCUT2D eigenvalue weighted by molar-refractivity contribution is 4.85. The Morgan fingerprint density at radius 1 is 1.75 bits per heavy atom. The first-order valence-corrected chi connectivity index (χ1v) is 2.70. The van der Waals surface area contributed by atoms with Crippen LogP contribution in [0.15, 0.2) is 12.3 Å². The van der Waals surface area contributed by atoms with Crippen molar-refractivity contribution in [1.29, 1.82) is 0 Å². The second-order valence-corrected chi connectivity index (χ2v) is 1.41. The lowest BCUT2D eigenvalue weighted by Crippen LogP contribution is -2.04. The molecule has 0 heterocycles. The molecular formula is C7H11N. The topological polar surface area (TPSA) is 12.0 Å². The molecule has 0 saturated carbocycles. The fourth-order valence-electron chi connectivity index (χ4n) is 0.346. The van der Waals surface area contributed by atoms with Crippen LogP contribution < -0.4 is 5.32 Å². The summed E-state index contributed by atoms with van der Waals surface area (Å²) in [5.41, 5.74) is 0. The lowest BCUT2D eigenvalue weighted by Gasteiger charge is -1.91. The Morgan fingerprint density at radius 3 is 3.00 bits per heavy atom. The predicted octanol–water partition coefficient (Wildman–Crippen LogP) is 1.13. The first-order chi connectivity index (χ1) is 3.91. The third-order valence-electron chi connectivity index (χ3n) is 0.698. The molecule has 0 fully saturated rings. The average Bonchev–Trinajstić information content (AvgIpc) is 1.81. The molecule has 0 aromatic heterocycles. The minimum Gasteiger partial charge on any atom is -0.390 e. The van der Waals surface area contributed by atoms with E-state index in [4.69, 9.17) is 6.42 Å². The average molecular weight is 109 g/mol. The van der Waals surface area contributed by atoms with Gasteiger partial charge in [0.05, 0.1) is 0 Å². The van der Waals surface area contributed by atoms with E-state index in [1.807, 2.05) is 19.2 Å². The van der Waals surface area contributed by atoms with Crippen molar-refractivity contribution in [2.45, 2.75) is 13.3 Å². The van der Waals surface area contributed by atoms with Crippen LogP contribution in [0.2, 0.25) is 0 Å². The van der Waals surface area contributed by atoms with E-state index in [0.717, 1.165) is 13.0 Å². The number of allylic oxidation sites excluding steroid dienone is 1. The Morgan fingerprint density at radius 2 is 2.50 bits per heavy atom. The van der Waals surface area contributed by atoms with Crippen LogP contribution in [0.4, 0.5) is 0 Å². The summed E-state index contributed by atoms with van der Waals surface area (Å²) in [7, 11) is 0. The van der Waals surface area contributed by atoms with Crippen molar-refractivity contribution in [1.82, 2.24) is 5.32 Å². The normalized spacial score (nSPS) is 9.00. The maximum atomic E-state index is 5.00. The third-order valence-corrected chi connectivity index (χ3v) is 0.698. The van der Waals surface area contributed by atoms with E-state index in [0.29, 0.717) is 0 Å². The molecule has 0 atom stereocenters. The molecule has 0 saturated heterocycles. The zero-order valence-corrected chi connectivity index (χ0v) is 5.15. The highest BCUT2D eigenvalue weighted by Crippen LogP contribution is 1.69. The summed E-state index contributed by atoms with van der Waals surface area (Å²) in [6, 6.07) is 0. The van der Waals surface area contributed by atoms with Crippen LogP contribution in [0.3, 0.4) is 0 Å². The second-order valence-electron chi connectivity index (χ2n) is 1.41. The Hall–Kier alpha value is -0.900. The van der Waals surface area contributed by atoms with Gasteiger partial charge in [-0.25, -0.2) is 0 Å². The SMILES string of the molecule is C#CCCN/C=C\C. The smallest absolute Gasteiger partial charge is 0.0260 e. The highest BCUT2D eigenvalue weighted by atomic mass is 14.8. The van der Waals surface area contributed by atoms with Crippen LogP contribution in [0.5, 0.6) is 0 Å². The van der Waals surface area contributed by atoms with E-state index in [-0.39, 0.29) is 0 Å². The summed E-state index contributed by atoms with van der Waals surface area (Å²) in [5, 5.41) is 3.01. The third kappa shape index (κ3) is 5.10. The lowest BCUT2D eigenvalue weighted by molar-refractivity contribution is 0.864. The van der Waals surface area contributed by atoms with Gasteiger partial charge in [0.25, 0.3) is 0 Å². The summed E-state index contributed by atoms with van der Waals surface area (Å²) in [6.45, 7) is 2.84. The molecule has 0 aliphatic heterocycles. The maximum Gasteiger partial charge on any atom is 0.0260 e. The van der Waals surface area contributed by atoms with Gasteiger partial charge in [-0.15, -0.1) is 12.3 Å². The standard InChI is InChI=1S/C7H11N/c1-3-5-7-8-6-4-2/h1,4,6,8H,5,7H2,2H3/b6-4-. The number of terminal acetylenes is 1. The van der Waals surface area contributed by atoms with E-state index in [1.165, 1.54) is 0 Å². The van der Waals surface area contributed by atoms with Crippen molar-refractivity contribution in [3.8, 4) is 12.3 Å². The van der Waals surface area contributed by atoms with Crippen molar-refractivity contribution < 1.29 is 0 Å². The maximum absolute atomic E-state index is 5.00. The molecule has 0 bridgehead atoms. The summed E-state index contributed by atoms with van der Waals surface area (Å²) < 4.78 is 0. The van der Waals surface area contributed by atoms with E-state index < -0.39 is 0 Å². The fraction of sp³-hybridized carbons (Fsp3) is 0.429. The van der Waals surface area contributed by atoms with Gasteiger partial charge in [-0.3, -0.25) is 0 Å². The Balaban J connectivity index is 2.85. The number of hydrogen-bond donors (Lipinski definition) is 1. The largest absolute Gasteiger partial charge is 0.390 e. The Bertz CT molecular complexity index is 97.4. The van der Waals surface area contributed by atoms with E-state index in [9.17, 15) is 0 Å². The molecule has 1 N–H and O–H groups in total. The number of nitrogens with one attached hydrogen (secondary N) is 1. The van der Waals surface area contributed by atoms with Gasteiger partial charge in [0, 0.05) is 13.0 Å². The molecule has 0 aromatic rings. The highest BCUT2D eigenvalue weighted by Gasteiger charge is 1.71. The second kappa shape index (κ2) is 6.10. The molecule has 0 radical (unpaired) electrons. The molecule has 0 unspecified atom stereocenters. The van der Waals surface area contributed by atoms with E-state index in [1.54, 1.807) is 0 Å². The van der Waals surface area contributed by atoms with Gasteiger partial charge in [-0.2, -0.15) is 0 Å². The van der Waals surface area contributed by atoms with Crippen molar-refractivity contribution in [3.63, 3.8) is 0 Å². The first kappa shape index (κ1) is 7.10. The summed E-state index contributed by atoms with van der Waals surface area (Å²) in [6.07, 6.45) is 9.62. The quantitative estimate of drug-likeness (QED) is 0.423. The monoisotopic (exact) mass is 109 g/mol. The van der Waals surface area contributed by atoms with Crippen LogP contribution in [0.25, 0.3) is 0 Å². The van der Waals surface area contributed by atoms with Gasteiger partial charge >= 0.3 is 0 Å². The summed E-state index contributed by atoms with van der Waals surface area (Å²) >= 11 is 0. The molecule has 0 aliphatic rings. The van der Waals surface area contributed by atoms with Crippen LogP contribution in [0.1, 0.15) is 13.3 Å². The van der Waals surface area contributed by atoms with Crippen molar-refractivity contribution in [2.24, 2.45) is 0 Å². The molecule has 0 aromatic carbocycles. The zero-order valence-electron chi connectivity index (χ0n) is 5.15. The minimum absolute atomic E-state index is 0.796. The molecule has 0 spiro atoms. The number of hydrogen-bond acceptors (Lipinski definition) is 1. The van der Waals surface area contributed by atoms with E-state index >= 15 is 0 Å². The zero-order chi connectivity index (χ0) is 6.24. The molecule has 1 heteroatoms. The molecule has 0 amide bonds. The van der Waals surface area contributed by atoms with Crippen LogP contribution in [-0.4, -0.2) is 6.54 Å². The van der Waals surface area contributed by atoms with E-state index in [2.05, 4.69) is 11.2 Å². The first-order valence-electron chi connectivity index (χ1n) is 2.70. The van der Waals surface area contributed by atoms with Crippen molar-refractivity contribution >= 4 is 0 Å². The minimum atomic E-state index is 0.796. The molecule has 0 aliphatic carbocycles. The van der Waals surface area contributed by atoms with Crippen LogP contribution in [0, 0.1) is 12.3 Å². The van der Waals surface area contributed by atoms with Gasteiger partial charge in [0.1, 0.15) is 0 Å². The van der Waals surface area contributed by atoms with Gasteiger partial charge in [0.2, 0.25) is 0 Å². The summed E-state index contributed by atoms with van der Waals surface area (Å²) in [5.74, 6) is 2.53. The van der Waals surface area contributed by atoms with Gasteiger partial charge in [-0.05, 0) is 13.1 Å². The fourth-order valence-corrected chi connectivity index (χ4v) is 0.346. The summed E-state index contributed by atoms with van der Waals surface area (Å²) in [4.78, 5) is 0. The van der Waals surface area contributed by atoms with Crippen LogP contribution >= 0.6 is 0 Å². The van der Waals surface area contributed by atoms with Gasteiger partial charge in [0.15, 0.2) is 0 Å². The number of rotatable bonds is 3. The Labute approximate surface area is 50.8 Å². The van der Waals surface area contributed by atoms with Crippen molar-refractivity contribution in [3.05, 3.63) is 12.3 Å². The molecule has 8 heavy (non-hydrogen) atoms.